The van der Waals surface area contributed by atoms with Gasteiger partial charge in [-0.3, -0.25) is 5.32 Å². The van der Waals surface area contributed by atoms with Crippen molar-refractivity contribution in [3.05, 3.63) is 18.0 Å². The van der Waals surface area contributed by atoms with Gasteiger partial charge in [-0.2, -0.15) is 5.26 Å². The van der Waals surface area contributed by atoms with Crippen molar-refractivity contribution in [2.75, 3.05) is 5.75 Å². The number of hydrogen-bond acceptors (Lipinski definition) is 5. The van der Waals surface area contributed by atoms with Gasteiger partial charge in [0.1, 0.15) is 5.54 Å². The van der Waals surface area contributed by atoms with Crippen LogP contribution in [0.2, 0.25) is 0 Å². The van der Waals surface area contributed by atoms with Crippen LogP contribution in [0.1, 0.15) is 45.7 Å². The molecule has 1 N–H and O–H groups in total. The van der Waals surface area contributed by atoms with Crippen LogP contribution in [0.25, 0.3) is 0 Å². The van der Waals surface area contributed by atoms with Gasteiger partial charge in [-0.05, 0) is 46.1 Å². The van der Waals surface area contributed by atoms with Gasteiger partial charge in [0.25, 0.3) is 0 Å². The summed E-state index contributed by atoms with van der Waals surface area (Å²) < 4.78 is 0. The predicted molar refractivity (Wildman–Crippen MR) is 83.6 cm³/mol. The Hall–Kier alpha value is -1.12. The molecule has 1 unspecified atom stereocenters. The first-order chi connectivity index (χ1) is 9.51. The molecule has 1 aromatic rings. The molecule has 1 aromatic heterocycles. The topological polar surface area (TPSA) is 61.6 Å². The highest BCUT2D eigenvalue weighted by atomic mass is 32.2. The highest BCUT2D eigenvalue weighted by Gasteiger charge is 2.27. The zero-order valence-corrected chi connectivity index (χ0v) is 13.6. The average molecular weight is 292 g/mol. The average Bonchev–Trinajstić information content (AvgIpc) is 2.42. The smallest absolute Gasteiger partial charge is 0.187 e. The van der Waals surface area contributed by atoms with E-state index in [-0.39, 0.29) is 0 Å². The molecule has 0 aliphatic rings. The molecule has 20 heavy (non-hydrogen) atoms. The molecular formula is C15H24N4S. The molecule has 0 saturated carbocycles. The molecule has 0 fully saturated rings. The molecule has 4 nitrogen and oxygen atoms in total. The lowest BCUT2D eigenvalue weighted by Crippen LogP contribution is -2.47. The van der Waals surface area contributed by atoms with E-state index < -0.39 is 5.54 Å². The third kappa shape index (κ3) is 5.48. The van der Waals surface area contributed by atoms with E-state index in [0.29, 0.717) is 6.04 Å². The summed E-state index contributed by atoms with van der Waals surface area (Å²) in [6, 6.07) is 4.67. The summed E-state index contributed by atoms with van der Waals surface area (Å²) in [7, 11) is 0. The standard InChI is InChI=1S/C15H24N4S/c1-5-15(11-16,19-12(2)3)8-6-10-20-14-17-9-7-13(4)18-14/h7,9,12,19H,5-6,8,10H2,1-4H3. The van der Waals surface area contributed by atoms with Gasteiger partial charge in [0, 0.05) is 23.7 Å². The number of rotatable bonds is 8. The van der Waals surface area contributed by atoms with E-state index in [9.17, 15) is 5.26 Å². The van der Waals surface area contributed by atoms with Gasteiger partial charge in [-0.25, -0.2) is 9.97 Å². The molecule has 1 atom stereocenters. The van der Waals surface area contributed by atoms with Crippen molar-refractivity contribution in [3.63, 3.8) is 0 Å². The molecule has 1 heterocycles. The van der Waals surface area contributed by atoms with Gasteiger partial charge < -0.3 is 0 Å². The summed E-state index contributed by atoms with van der Waals surface area (Å²) in [6.45, 7) is 8.19. The second-order valence-electron chi connectivity index (χ2n) is 5.28. The second-order valence-corrected chi connectivity index (χ2v) is 6.34. The minimum absolute atomic E-state index is 0.322. The first kappa shape index (κ1) is 16.9. The lowest BCUT2D eigenvalue weighted by atomic mass is 9.91. The maximum atomic E-state index is 9.43. The van der Waals surface area contributed by atoms with Gasteiger partial charge in [0.05, 0.1) is 6.07 Å². The summed E-state index contributed by atoms with van der Waals surface area (Å²) in [5.74, 6) is 0.937. The van der Waals surface area contributed by atoms with Crippen molar-refractivity contribution in [1.29, 1.82) is 5.26 Å². The Labute approximate surface area is 126 Å². The molecule has 0 amide bonds. The Morgan fingerprint density at radius 2 is 2.25 bits per heavy atom. The number of nitrogens with zero attached hydrogens (tertiary/aromatic N) is 3. The summed E-state index contributed by atoms with van der Waals surface area (Å²) in [5, 5.41) is 13.7. The lowest BCUT2D eigenvalue weighted by molar-refractivity contribution is 0.341. The minimum Gasteiger partial charge on any atom is -0.297 e. The molecule has 0 saturated heterocycles. The monoisotopic (exact) mass is 292 g/mol. The van der Waals surface area contributed by atoms with Crippen molar-refractivity contribution in [1.82, 2.24) is 15.3 Å². The number of nitrogens with one attached hydrogen (secondary N) is 1. The molecule has 0 aromatic carbocycles. The van der Waals surface area contributed by atoms with E-state index in [1.807, 2.05) is 13.0 Å². The van der Waals surface area contributed by atoms with Gasteiger partial charge in [0.2, 0.25) is 0 Å². The van der Waals surface area contributed by atoms with Crippen LogP contribution in [0.3, 0.4) is 0 Å². The molecule has 110 valence electrons. The van der Waals surface area contributed by atoms with E-state index >= 15 is 0 Å². The van der Waals surface area contributed by atoms with Crippen molar-refractivity contribution < 1.29 is 0 Å². The first-order valence-corrected chi connectivity index (χ1v) is 8.11. The van der Waals surface area contributed by atoms with Crippen LogP contribution < -0.4 is 5.32 Å². The first-order valence-electron chi connectivity index (χ1n) is 7.13. The Kier molecular flexibility index (Phi) is 6.97. The van der Waals surface area contributed by atoms with Crippen molar-refractivity contribution in [3.8, 4) is 6.07 Å². The van der Waals surface area contributed by atoms with Crippen LogP contribution in [0.15, 0.2) is 17.4 Å². The van der Waals surface area contributed by atoms with Crippen molar-refractivity contribution >= 4 is 11.8 Å². The zero-order chi connectivity index (χ0) is 15.0. The molecule has 0 radical (unpaired) electrons. The van der Waals surface area contributed by atoms with Crippen LogP contribution >= 0.6 is 11.8 Å². The van der Waals surface area contributed by atoms with Crippen LogP contribution in [0.5, 0.6) is 0 Å². The Bertz CT molecular complexity index is 455. The fourth-order valence-corrected chi connectivity index (χ4v) is 2.92. The number of thioether (sulfide) groups is 1. The third-order valence-electron chi connectivity index (χ3n) is 3.13. The zero-order valence-electron chi connectivity index (χ0n) is 12.8. The van der Waals surface area contributed by atoms with E-state index in [4.69, 9.17) is 0 Å². The van der Waals surface area contributed by atoms with Crippen LogP contribution in [-0.2, 0) is 0 Å². The molecule has 1 rings (SSSR count). The summed E-state index contributed by atoms with van der Waals surface area (Å²) in [4.78, 5) is 8.60. The maximum absolute atomic E-state index is 9.43. The molecule has 0 aliphatic carbocycles. The highest BCUT2D eigenvalue weighted by molar-refractivity contribution is 7.99. The SMILES string of the molecule is CCC(C#N)(CCCSc1nccc(C)n1)NC(C)C. The Morgan fingerprint density at radius 3 is 2.80 bits per heavy atom. The van der Waals surface area contributed by atoms with Crippen LogP contribution in [-0.4, -0.2) is 27.3 Å². The molecule has 0 aliphatic heterocycles. The summed E-state index contributed by atoms with van der Waals surface area (Å²) in [5.41, 5.74) is 0.589. The van der Waals surface area contributed by atoms with Crippen molar-refractivity contribution in [2.24, 2.45) is 0 Å². The van der Waals surface area contributed by atoms with Crippen LogP contribution in [0, 0.1) is 18.3 Å². The number of hydrogen-bond donors (Lipinski definition) is 1. The quantitative estimate of drug-likeness (QED) is 0.452. The fourth-order valence-electron chi connectivity index (χ4n) is 2.10. The van der Waals surface area contributed by atoms with Gasteiger partial charge >= 0.3 is 0 Å². The lowest BCUT2D eigenvalue weighted by Gasteiger charge is -2.29. The highest BCUT2D eigenvalue weighted by Crippen LogP contribution is 2.21. The van der Waals surface area contributed by atoms with Gasteiger partial charge in [0.15, 0.2) is 5.16 Å². The number of nitriles is 1. The van der Waals surface area contributed by atoms with Crippen molar-refractivity contribution in [2.45, 2.75) is 63.7 Å². The minimum atomic E-state index is -0.401. The second kappa shape index (κ2) is 8.23. The predicted octanol–water partition coefficient (Wildman–Crippen LogP) is 3.33. The summed E-state index contributed by atoms with van der Waals surface area (Å²) >= 11 is 1.66. The maximum Gasteiger partial charge on any atom is 0.187 e. The van der Waals surface area contributed by atoms with E-state index in [2.05, 4.69) is 42.1 Å². The molecule has 0 spiro atoms. The summed E-state index contributed by atoms with van der Waals surface area (Å²) in [6.07, 6.45) is 4.45. The Morgan fingerprint density at radius 1 is 1.50 bits per heavy atom. The van der Waals surface area contributed by atoms with E-state index in [1.54, 1.807) is 18.0 Å². The fraction of sp³-hybridized carbons (Fsp3) is 0.667. The number of aryl methyl sites for hydroxylation is 1. The normalized spacial score (nSPS) is 14.0. The van der Waals surface area contributed by atoms with E-state index in [1.165, 1.54) is 0 Å². The molecule has 0 bridgehead atoms. The number of aromatic nitrogens is 2. The Balaban J connectivity index is 2.43. The van der Waals surface area contributed by atoms with Crippen LogP contribution in [0.4, 0.5) is 0 Å². The third-order valence-corrected chi connectivity index (χ3v) is 4.08. The van der Waals surface area contributed by atoms with Gasteiger partial charge in [-0.1, -0.05) is 18.7 Å². The largest absolute Gasteiger partial charge is 0.297 e. The molecule has 5 heteroatoms. The van der Waals surface area contributed by atoms with E-state index in [0.717, 1.165) is 35.9 Å². The molecular weight excluding hydrogens is 268 g/mol. The van der Waals surface area contributed by atoms with Gasteiger partial charge in [-0.15, -0.1) is 0 Å².